The highest BCUT2D eigenvalue weighted by molar-refractivity contribution is 6.30. The molecule has 3 aromatic carbocycles. The number of hydrogen-bond acceptors (Lipinski definition) is 1. The number of halogens is 1. The molecule has 1 heterocycles. The highest BCUT2D eigenvalue weighted by Gasteiger charge is 2.17. The zero-order valence-electron chi connectivity index (χ0n) is 15.7. The first kappa shape index (κ1) is 18.3. The number of benzene rings is 3. The molecule has 28 heavy (non-hydrogen) atoms. The summed E-state index contributed by atoms with van der Waals surface area (Å²) >= 11 is 5.99. The third-order valence-corrected chi connectivity index (χ3v) is 5.47. The van der Waals surface area contributed by atoms with Gasteiger partial charge >= 0.3 is 0 Å². The number of fused-ring (bicyclic) bond motifs is 1. The van der Waals surface area contributed by atoms with Crippen molar-refractivity contribution < 1.29 is 4.79 Å². The van der Waals surface area contributed by atoms with Crippen LogP contribution in [0.15, 0.2) is 72.8 Å². The third-order valence-electron chi connectivity index (χ3n) is 5.21. The summed E-state index contributed by atoms with van der Waals surface area (Å²) in [5.41, 5.74) is 10.4. The zero-order valence-corrected chi connectivity index (χ0v) is 16.4. The standard InChI is InChI=1S/C24H21ClN2O/c1-16-22(24(26)28)15-23(20-9-8-18-4-2-3-5-19(18)14-20)27(16)13-12-17-6-10-21(25)11-7-17/h2-11,14-15H,12-13H2,1H3,(H2,26,28). The number of aromatic nitrogens is 1. The summed E-state index contributed by atoms with van der Waals surface area (Å²) in [6, 6.07) is 24.4. The summed E-state index contributed by atoms with van der Waals surface area (Å²) in [6.07, 6.45) is 0.839. The Morgan fingerprint density at radius 3 is 2.39 bits per heavy atom. The molecule has 140 valence electrons. The van der Waals surface area contributed by atoms with Crippen LogP contribution in [0.2, 0.25) is 5.02 Å². The molecule has 0 fully saturated rings. The molecule has 0 saturated heterocycles. The van der Waals surface area contributed by atoms with Crippen molar-refractivity contribution in [3.05, 3.63) is 94.6 Å². The maximum Gasteiger partial charge on any atom is 0.250 e. The van der Waals surface area contributed by atoms with Crippen molar-refractivity contribution in [3.63, 3.8) is 0 Å². The van der Waals surface area contributed by atoms with Gasteiger partial charge in [0.15, 0.2) is 0 Å². The van der Waals surface area contributed by atoms with Gasteiger partial charge in [0, 0.05) is 23.0 Å². The second kappa shape index (κ2) is 7.53. The van der Waals surface area contributed by atoms with E-state index in [2.05, 4.69) is 34.9 Å². The molecule has 4 aromatic rings. The number of amides is 1. The molecule has 0 spiro atoms. The van der Waals surface area contributed by atoms with Gasteiger partial charge in [0.25, 0.3) is 5.91 Å². The average molecular weight is 389 g/mol. The van der Waals surface area contributed by atoms with Crippen LogP contribution >= 0.6 is 11.6 Å². The second-order valence-electron chi connectivity index (χ2n) is 6.98. The predicted octanol–water partition coefficient (Wildman–Crippen LogP) is 5.61. The molecule has 2 N–H and O–H groups in total. The minimum Gasteiger partial charge on any atom is -0.366 e. The number of nitrogens with zero attached hydrogens (tertiary/aromatic N) is 1. The molecule has 0 aliphatic heterocycles. The Kier molecular flexibility index (Phi) is 4.93. The summed E-state index contributed by atoms with van der Waals surface area (Å²) in [5.74, 6) is -0.398. The quantitative estimate of drug-likeness (QED) is 0.474. The topological polar surface area (TPSA) is 48.0 Å². The summed E-state index contributed by atoms with van der Waals surface area (Å²) in [5, 5.41) is 3.09. The van der Waals surface area contributed by atoms with Gasteiger partial charge in [-0.05, 0) is 59.5 Å². The number of rotatable bonds is 5. The number of aryl methyl sites for hydroxylation is 1. The van der Waals surface area contributed by atoms with Crippen LogP contribution in [0.5, 0.6) is 0 Å². The highest BCUT2D eigenvalue weighted by Crippen LogP contribution is 2.29. The fraction of sp³-hybridized carbons (Fsp3) is 0.125. The largest absolute Gasteiger partial charge is 0.366 e. The Balaban J connectivity index is 1.75. The Bertz CT molecular complexity index is 1160. The van der Waals surface area contributed by atoms with Crippen LogP contribution in [0.4, 0.5) is 0 Å². The molecule has 1 aromatic heterocycles. The van der Waals surface area contributed by atoms with E-state index in [9.17, 15) is 4.79 Å². The molecule has 0 bridgehead atoms. The van der Waals surface area contributed by atoms with Crippen LogP contribution < -0.4 is 5.73 Å². The molecule has 4 heteroatoms. The Hall–Kier alpha value is -3.04. The Morgan fingerprint density at radius 2 is 1.68 bits per heavy atom. The lowest BCUT2D eigenvalue weighted by atomic mass is 10.0. The zero-order chi connectivity index (χ0) is 19.7. The third kappa shape index (κ3) is 3.54. The first-order valence-electron chi connectivity index (χ1n) is 9.26. The first-order chi connectivity index (χ1) is 13.5. The molecular formula is C24H21ClN2O. The van der Waals surface area contributed by atoms with E-state index in [4.69, 9.17) is 17.3 Å². The first-order valence-corrected chi connectivity index (χ1v) is 9.64. The van der Waals surface area contributed by atoms with Crippen molar-refractivity contribution in [1.82, 2.24) is 4.57 Å². The second-order valence-corrected chi connectivity index (χ2v) is 7.42. The van der Waals surface area contributed by atoms with Crippen molar-refractivity contribution in [1.29, 1.82) is 0 Å². The van der Waals surface area contributed by atoms with E-state index in [1.165, 1.54) is 16.3 Å². The fourth-order valence-corrected chi connectivity index (χ4v) is 3.79. The van der Waals surface area contributed by atoms with Crippen LogP contribution in [0.3, 0.4) is 0 Å². The molecule has 0 unspecified atom stereocenters. The van der Waals surface area contributed by atoms with Gasteiger partial charge in [-0.15, -0.1) is 0 Å². The maximum atomic E-state index is 11.9. The van der Waals surface area contributed by atoms with Gasteiger partial charge in [-0.3, -0.25) is 4.79 Å². The van der Waals surface area contributed by atoms with E-state index < -0.39 is 5.91 Å². The maximum absolute atomic E-state index is 11.9. The van der Waals surface area contributed by atoms with Crippen molar-refractivity contribution in [3.8, 4) is 11.3 Å². The van der Waals surface area contributed by atoms with Gasteiger partial charge < -0.3 is 10.3 Å². The Labute approximate surface area is 169 Å². The Morgan fingerprint density at radius 1 is 0.964 bits per heavy atom. The number of primary amides is 1. The number of nitrogens with two attached hydrogens (primary N) is 1. The van der Waals surface area contributed by atoms with Crippen LogP contribution in [-0.2, 0) is 13.0 Å². The lowest BCUT2D eigenvalue weighted by Crippen LogP contribution is -2.13. The minimum absolute atomic E-state index is 0.398. The van der Waals surface area contributed by atoms with Crippen molar-refractivity contribution in [2.24, 2.45) is 5.73 Å². The molecule has 1 amide bonds. The lowest BCUT2D eigenvalue weighted by Gasteiger charge is -2.13. The van der Waals surface area contributed by atoms with Gasteiger partial charge in [-0.25, -0.2) is 0 Å². The summed E-state index contributed by atoms with van der Waals surface area (Å²) in [4.78, 5) is 11.9. The van der Waals surface area contributed by atoms with E-state index in [0.717, 1.165) is 34.9 Å². The number of carbonyl (C=O) groups is 1. The molecule has 0 saturated carbocycles. The van der Waals surface area contributed by atoms with E-state index in [1.54, 1.807) is 0 Å². The van der Waals surface area contributed by atoms with Gasteiger partial charge in [-0.2, -0.15) is 0 Å². The number of hydrogen-bond donors (Lipinski definition) is 1. The van der Waals surface area contributed by atoms with Crippen LogP contribution in [0, 0.1) is 6.92 Å². The molecule has 0 aliphatic carbocycles. The molecule has 0 atom stereocenters. The lowest BCUT2D eigenvalue weighted by molar-refractivity contribution is 0.0999. The number of carbonyl (C=O) groups excluding carboxylic acids is 1. The van der Waals surface area contributed by atoms with Crippen LogP contribution in [0.25, 0.3) is 22.0 Å². The normalized spacial score (nSPS) is 11.1. The molecule has 4 rings (SSSR count). The van der Waals surface area contributed by atoms with Crippen molar-refractivity contribution in [2.75, 3.05) is 0 Å². The smallest absolute Gasteiger partial charge is 0.250 e. The van der Waals surface area contributed by atoms with Gasteiger partial charge in [0.05, 0.1) is 5.56 Å². The molecule has 0 radical (unpaired) electrons. The highest BCUT2D eigenvalue weighted by atomic mass is 35.5. The van der Waals surface area contributed by atoms with Crippen LogP contribution in [0.1, 0.15) is 21.6 Å². The fourth-order valence-electron chi connectivity index (χ4n) is 3.66. The van der Waals surface area contributed by atoms with Gasteiger partial charge in [-0.1, -0.05) is 60.1 Å². The van der Waals surface area contributed by atoms with E-state index >= 15 is 0 Å². The molecule has 0 aliphatic rings. The van der Waals surface area contributed by atoms with Gasteiger partial charge in [0.1, 0.15) is 0 Å². The SMILES string of the molecule is Cc1c(C(N)=O)cc(-c2ccc3ccccc3c2)n1CCc1ccc(Cl)cc1. The molecular weight excluding hydrogens is 368 g/mol. The van der Waals surface area contributed by atoms with Gasteiger partial charge in [0.2, 0.25) is 0 Å². The van der Waals surface area contributed by atoms with E-state index in [1.807, 2.05) is 49.4 Å². The summed E-state index contributed by atoms with van der Waals surface area (Å²) in [7, 11) is 0. The predicted molar refractivity (Wildman–Crippen MR) is 116 cm³/mol. The monoisotopic (exact) mass is 388 g/mol. The van der Waals surface area contributed by atoms with Crippen molar-refractivity contribution >= 4 is 28.3 Å². The van der Waals surface area contributed by atoms with Crippen molar-refractivity contribution in [2.45, 2.75) is 19.9 Å². The average Bonchev–Trinajstić information content (AvgIpc) is 3.04. The summed E-state index contributed by atoms with van der Waals surface area (Å²) in [6.45, 7) is 2.70. The molecule has 3 nitrogen and oxygen atoms in total. The van der Waals surface area contributed by atoms with E-state index in [0.29, 0.717) is 5.56 Å². The minimum atomic E-state index is -0.398. The van der Waals surface area contributed by atoms with E-state index in [-0.39, 0.29) is 0 Å². The van der Waals surface area contributed by atoms with Crippen LogP contribution in [-0.4, -0.2) is 10.5 Å². The summed E-state index contributed by atoms with van der Waals surface area (Å²) < 4.78 is 2.18.